The molecule has 2 aliphatic rings. The Morgan fingerprint density at radius 1 is 0.703 bits per heavy atom. The van der Waals surface area contributed by atoms with E-state index in [-0.39, 0.29) is 72.3 Å². The van der Waals surface area contributed by atoms with Gasteiger partial charge in [0.2, 0.25) is 11.8 Å². The number of aliphatic hydroxyl groups is 1. The molecule has 8 aromatic rings. The highest BCUT2D eigenvalue weighted by Crippen LogP contribution is 2.41. The highest BCUT2D eigenvalue weighted by Gasteiger charge is 2.35. The highest BCUT2D eigenvalue weighted by atomic mass is 32.1. The van der Waals surface area contributed by atoms with Crippen molar-refractivity contribution in [3.63, 3.8) is 0 Å². The molecule has 476 valence electrons. The second-order valence-electron chi connectivity index (χ2n) is 21.6. The molecule has 1 aromatic carbocycles. The number of aromatic nitrogens is 7. The summed E-state index contributed by atoms with van der Waals surface area (Å²) < 4.78 is 5.45. The van der Waals surface area contributed by atoms with Crippen molar-refractivity contribution < 1.29 is 58.4 Å². The van der Waals surface area contributed by atoms with E-state index in [4.69, 9.17) is 39.6 Å². The Balaban J connectivity index is 1.02. The van der Waals surface area contributed by atoms with Gasteiger partial charge in [0, 0.05) is 65.1 Å². The van der Waals surface area contributed by atoms with Crippen LogP contribution in [-0.4, -0.2) is 136 Å². The number of rotatable bonds is 15. The number of fused-ring (bicyclic) bond motifs is 14. The average Bonchev–Trinajstić information content (AvgIpc) is 1.75. The molecule has 10 rings (SSSR count). The van der Waals surface area contributed by atoms with Crippen LogP contribution in [-0.2, 0) is 30.5 Å². The molecule has 7 aromatic heterocycles. The molecule has 10 bridgehead atoms. The van der Waals surface area contributed by atoms with Crippen LogP contribution in [0, 0.1) is 18.8 Å². The minimum atomic E-state index is -1.30. The number of aryl methyl sites for hydroxylation is 1. The number of carbonyl (C=O) groups excluding carboxylic acids is 6. The Bertz CT molecular complexity index is 4000. The van der Waals surface area contributed by atoms with Crippen LogP contribution in [0.4, 0.5) is 10.6 Å². The number of hydrogen-bond donors (Lipinski definition) is 9. The molecule has 1 saturated carbocycles. The highest BCUT2D eigenvalue weighted by molar-refractivity contribution is 7.15. The van der Waals surface area contributed by atoms with Crippen LogP contribution in [0.2, 0.25) is 0 Å². The molecule has 0 spiro atoms. The van der Waals surface area contributed by atoms with E-state index in [2.05, 4.69) is 31.9 Å². The van der Waals surface area contributed by atoms with E-state index in [1.165, 1.54) is 48.2 Å². The summed E-state index contributed by atoms with van der Waals surface area (Å²) in [5.41, 5.74) is 2.43. The van der Waals surface area contributed by atoms with E-state index in [0.717, 1.165) is 34.0 Å². The molecule has 4 atom stereocenters. The van der Waals surface area contributed by atoms with Gasteiger partial charge in [0.1, 0.15) is 82.2 Å². The number of carboxylic acids is 2. The zero-order valence-electron chi connectivity index (χ0n) is 49.5. The SMILES string of the molecule is CNC(=O)C[C@@H]1NC(=O)c2csc(n2)-c2ccc(-c3nc(NC(=O)N(CCCC(=O)O)C4CCC(C(=O)O)CC4)cs3)nc2-c2csc(n2)-c2csc(n2)[C@H]([C@@H](O)c2ccccc2)NC(=O)CNC(=O)c2nc(sc2COC)C(C(C)C)NC(=O)c2nc1sc2C. The van der Waals surface area contributed by atoms with Crippen molar-refractivity contribution in [3.8, 4) is 43.4 Å². The minimum absolute atomic E-state index is 0.00296. The molecule has 1 aliphatic heterocycles. The molecule has 1 aliphatic carbocycles. The van der Waals surface area contributed by atoms with Gasteiger partial charge in [-0.25, -0.2) is 39.7 Å². The van der Waals surface area contributed by atoms with E-state index >= 15 is 0 Å². The number of methoxy groups -OCH3 is 1. The summed E-state index contributed by atoms with van der Waals surface area (Å²) in [6.07, 6.45) is 0.0938. The number of hydrogen-bond acceptors (Lipinski definition) is 23. The standard InChI is InChI=1S/C59H62N14O12S6/c1-27(2)43-57-72-46(38(91-57)22-85-5)50(80)61-21-41(75)69-47(48(78)29-10-7-6-8-11-29)56-66-37(25-88-56)54-64-35(23-87-54)45-32(52-65-36(24-86-52)49(79)63-34(20-40(74)60-4)55-71-44(28(3)90-55)51(81)70-43)17-18-33(62-45)53-67-39(26-89-53)68-59(84)73(19-9-12-42(76)77)31-15-13-30(14-16-31)58(82)83/h6-8,10-11,17-18,23-27,30-31,34,43,47-48,78H,9,12-16,19-22H2,1-5H3,(H,60,74)(H,61,80)(H,63,79)(H,68,84)(H,69,75)(H,70,81)(H,76,77)(H,82,83)/t30?,31?,34-,43?,47-,48-/m0/s1. The van der Waals surface area contributed by atoms with Gasteiger partial charge in [0.25, 0.3) is 17.7 Å². The third-order valence-corrected chi connectivity index (χ3v) is 20.7. The van der Waals surface area contributed by atoms with E-state index < -0.39 is 84.2 Å². The first kappa shape index (κ1) is 65.6. The molecule has 0 radical (unpaired) electrons. The lowest BCUT2D eigenvalue weighted by Crippen LogP contribution is -2.45. The number of benzene rings is 1. The minimum Gasteiger partial charge on any atom is -0.481 e. The van der Waals surface area contributed by atoms with Gasteiger partial charge in [-0.3, -0.25) is 38.9 Å². The predicted octanol–water partition coefficient (Wildman–Crippen LogP) is 8.65. The quantitative estimate of drug-likeness (QED) is 0.0463. The maximum absolute atomic E-state index is 14.4. The van der Waals surface area contributed by atoms with Crippen LogP contribution >= 0.6 is 68.0 Å². The molecule has 91 heavy (non-hydrogen) atoms. The fraction of sp³-hybridized carbons (Fsp3) is 0.373. The summed E-state index contributed by atoms with van der Waals surface area (Å²) >= 11 is 7.03. The molecular weight excluding hydrogens is 1290 g/mol. The second kappa shape index (κ2) is 29.3. The lowest BCUT2D eigenvalue weighted by Gasteiger charge is -2.35. The Morgan fingerprint density at radius 3 is 2.13 bits per heavy atom. The molecule has 0 saturated heterocycles. The van der Waals surface area contributed by atoms with Gasteiger partial charge < -0.3 is 51.5 Å². The Kier molecular flexibility index (Phi) is 21.1. The van der Waals surface area contributed by atoms with Gasteiger partial charge in [-0.1, -0.05) is 44.2 Å². The van der Waals surface area contributed by atoms with Gasteiger partial charge in [0.15, 0.2) is 0 Å². The molecule has 1 fully saturated rings. The number of urea groups is 1. The van der Waals surface area contributed by atoms with Gasteiger partial charge in [-0.05, 0) is 62.6 Å². The molecule has 1 unspecified atom stereocenters. The summed E-state index contributed by atoms with van der Waals surface area (Å²) in [5.74, 6) is -5.47. The number of nitrogens with zero attached hydrogens (tertiary/aromatic N) is 8. The number of nitrogens with one attached hydrogen (secondary N) is 6. The lowest BCUT2D eigenvalue weighted by molar-refractivity contribution is -0.143. The largest absolute Gasteiger partial charge is 0.481 e. The number of carbonyl (C=O) groups is 8. The summed E-state index contributed by atoms with van der Waals surface area (Å²) in [6, 6.07) is 8.48. The zero-order valence-corrected chi connectivity index (χ0v) is 54.4. The first-order chi connectivity index (χ1) is 43.7. The van der Waals surface area contributed by atoms with Crippen molar-refractivity contribution in [3.05, 3.63) is 111 Å². The summed E-state index contributed by atoms with van der Waals surface area (Å²) in [5, 5.41) is 56.8. The van der Waals surface area contributed by atoms with Crippen molar-refractivity contribution in [1.82, 2.24) is 66.4 Å². The summed E-state index contributed by atoms with van der Waals surface area (Å²) in [7, 11) is 2.92. The van der Waals surface area contributed by atoms with Crippen molar-refractivity contribution in [2.24, 2.45) is 11.8 Å². The molecular formula is C59H62N14O12S6. The van der Waals surface area contributed by atoms with Crippen molar-refractivity contribution in [2.45, 2.75) is 103 Å². The second-order valence-corrected chi connectivity index (χ2v) is 27.5. The zero-order chi connectivity index (χ0) is 64.6. The van der Waals surface area contributed by atoms with Crippen LogP contribution < -0.4 is 31.9 Å². The van der Waals surface area contributed by atoms with Gasteiger partial charge >= 0.3 is 18.0 Å². The van der Waals surface area contributed by atoms with Crippen LogP contribution in [0.1, 0.15) is 145 Å². The number of aliphatic hydroxyl groups excluding tert-OH is 1. The number of carboxylic acid groups (broad SMARTS) is 2. The van der Waals surface area contributed by atoms with E-state index in [1.807, 2.05) is 13.8 Å². The molecule has 7 amide bonds. The number of pyridine rings is 1. The first-order valence-corrected chi connectivity index (χ1v) is 33.9. The van der Waals surface area contributed by atoms with E-state index in [0.29, 0.717) is 94.4 Å². The third-order valence-electron chi connectivity index (χ3n) is 15.0. The molecule has 8 heterocycles. The van der Waals surface area contributed by atoms with E-state index in [9.17, 15) is 53.7 Å². The van der Waals surface area contributed by atoms with Crippen LogP contribution in [0.5, 0.6) is 0 Å². The number of ether oxygens (including phenoxy) is 1. The number of thiazole rings is 6. The van der Waals surface area contributed by atoms with Crippen molar-refractivity contribution in [1.29, 1.82) is 0 Å². The van der Waals surface area contributed by atoms with Crippen molar-refractivity contribution in [2.75, 3.05) is 32.6 Å². The molecule has 32 heteroatoms. The maximum atomic E-state index is 14.4. The normalized spacial score (nSPS) is 18.5. The third kappa shape index (κ3) is 15.5. The number of anilines is 1. The Labute approximate surface area is 544 Å². The van der Waals surface area contributed by atoms with Crippen LogP contribution in [0.15, 0.2) is 64.0 Å². The molecule has 9 N–H and O–H groups in total. The van der Waals surface area contributed by atoms with E-state index in [1.54, 1.807) is 75.8 Å². The smallest absolute Gasteiger partial charge is 0.323 e. The van der Waals surface area contributed by atoms with Crippen molar-refractivity contribution >= 4 is 121 Å². The average molecular weight is 1350 g/mol. The summed E-state index contributed by atoms with van der Waals surface area (Å²) in [6.45, 7) is 5.03. The lowest BCUT2D eigenvalue weighted by atomic mass is 9.85. The number of aliphatic carboxylic acids is 2. The monoisotopic (exact) mass is 1350 g/mol. The fourth-order valence-electron chi connectivity index (χ4n) is 10.3. The molecule has 26 nitrogen and oxygen atoms in total. The fourth-order valence-corrected chi connectivity index (χ4v) is 15.8. The van der Waals surface area contributed by atoms with Gasteiger partial charge in [0.05, 0.1) is 48.1 Å². The van der Waals surface area contributed by atoms with Gasteiger partial charge in [-0.2, -0.15) is 0 Å². The Hall–Kier alpha value is -8.37. The van der Waals surface area contributed by atoms with Crippen LogP contribution in [0.3, 0.4) is 0 Å². The van der Waals surface area contributed by atoms with Crippen LogP contribution in [0.25, 0.3) is 43.4 Å². The van der Waals surface area contributed by atoms with Gasteiger partial charge in [-0.15, -0.1) is 68.0 Å². The number of amides is 7. The summed E-state index contributed by atoms with van der Waals surface area (Å²) in [4.78, 5) is 143. The maximum Gasteiger partial charge on any atom is 0.323 e. The topological polar surface area (TPSA) is 372 Å². The first-order valence-electron chi connectivity index (χ1n) is 28.7. The Morgan fingerprint density at radius 2 is 1.41 bits per heavy atom. The predicted molar refractivity (Wildman–Crippen MR) is 343 cm³/mol.